The number of carbonyl (C=O) groups excluding carboxylic acids is 1. The van der Waals surface area contributed by atoms with E-state index >= 15 is 0 Å². The fraction of sp³-hybridized carbons (Fsp3) is 0.167. The van der Waals surface area contributed by atoms with Gasteiger partial charge >= 0.3 is 0 Å². The SMILES string of the molecule is C[C@H](NC(=O)[C@H](N)c1ccccc1)c1cccc(-c2nc3c(ncc4ncn(C)c43)s2)c1. The van der Waals surface area contributed by atoms with Crippen molar-refractivity contribution in [3.8, 4) is 10.6 Å². The average molecular weight is 443 g/mol. The van der Waals surface area contributed by atoms with E-state index in [0.29, 0.717) is 0 Å². The number of fused-ring (bicyclic) bond motifs is 3. The van der Waals surface area contributed by atoms with Crippen molar-refractivity contribution in [1.82, 2.24) is 24.8 Å². The number of thiazole rings is 1. The quantitative estimate of drug-likeness (QED) is 0.427. The van der Waals surface area contributed by atoms with Crippen molar-refractivity contribution in [3.05, 3.63) is 78.2 Å². The molecule has 32 heavy (non-hydrogen) atoms. The molecule has 0 bridgehead atoms. The molecule has 0 aliphatic heterocycles. The maximum atomic E-state index is 12.7. The summed E-state index contributed by atoms with van der Waals surface area (Å²) in [4.78, 5) is 27.3. The van der Waals surface area contributed by atoms with E-state index in [-0.39, 0.29) is 11.9 Å². The minimum Gasteiger partial charge on any atom is -0.348 e. The number of nitrogens with two attached hydrogens (primary N) is 1. The molecule has 5 aromatic rings. The highest BCUT2D eigenvalue weighted by Gasteiger charge is 2.19. The smallest absolute Gasteiger partial charge is 0.241 e. The molecular weight excluding hydrogens is 420 g/mol. The van der Waals surface area contributed by atoms with Crippen LogP contribution in [0.1, 0.15) is 30.1 Å². The number of carbonyl (C=O) groups is 1. The van der Waals surface area contributed by atoms with Crippen LogP contribution < -0.4 is 11.1 Å². The fourth-order valence-electron chi connectivity index (χ4n) is 3.77. The highest BCUT2D eigenvalue weighted by Crippen LogP contribution is 2.33. The molecule has 5 rings (SSSR count). The number of aryl methyl sites for hydroxylation is 1. The van der Waals surface area contributed by atoms with E-state index in [2.05, 4.69) is 21.4 Å². The first-order valence-corrected chi connectivity index (χ1v) is 11.1. The lowest BCUT2D eigenvalue weighted by molar-refractivity contribution is -0.123. The summed E-state index contributed by atoms with van der Waals surface area (Å²) in [5.41, 5.74) is 11.5. The molecule has 0 radical (unpaired) electrons. The van der Waals surface area contributed by atoms with Crippen LogP contribution in [0.15, 0.2) is 67.1 Å². The Morgan fingerprint density at radius 3 is 2.69 bits per heavy atom. The van der Waals surface area contributed by atoms with E-state index in [1.807, 2.05) is 67.1 Å². The van der Waals surface area contributed by atoms with Gasteiger partial charge in [0.2, 0.25) is 5.91 Å². The van der Waals surface area contributed by atoms with Gasteiger partial charge in [0.15, 0.2) is 0 Å². The maximum absolute atomic E-state index is 12.7. The van der Waals surface area contributed by atoms with Crippen LogP contribution in [-0.2, 0) is 11.8 Å². The summed E-state index contributed by atoms with van der Waals surface area (Å²) in [5, 5.41) is 3.90. The largest absolute Gasteiger partial charge is 0.348 e. The first kappa shape index (κ1) is 20.3. The van der Waals surface area contributed by atoms with E-state index in [1.165, 1.54) is 0 Å². The first-order chi connectivity index (χ1) is 15.5. The van der Waals surface area contributed by atoms with Gasteiger partial charge in [0.05, 0.1) is 24.1 Å². The molecule has 2 atom stereocenters. The molecule has 0 fully saturated rings. The zero-order chi connectivity index (χ0) is 22.2. The molecule has 0 spiro atoms. The Hall–Kier alpha value is -3.62. The predicted octanol–water partition coefficient (Wildman–Crippen LogP) is 4.12. The van der Waals surface area contributed by atoms with Crippen LogP contribution in [0.2, 0.25) is 0 Å². The van der Waals surface area contributed by atoms with Crippen molar-refractivity contribution in [2.24, 2.45) is 12.8 Å². The molecule has 7 nitrogen and oxygen atoms in total. The third-order valence-corrected chi connectivity index (χ3v) is 6.55. The second-order valence-electron chi connectivity index (χ2n) is 7.76. The molecule has 0 saturated heterocycles. The molecule has 0 unspecified atom stereocenters. The minimum atomic E-state index is -0.710. The third-order valence-electron chi connectivity index (χ3n) is 5.54. The van der Waals surface area contributed by atoms with Gasteiger partial charge in [0.25, 0.3) is 0 Å². The van der Waals surface area contributed by atoms with Crippen LogP contribution in [0.25, 0.3) is 32.0 Å². The molecule has 0 saturated carbocycles. The number of aromatic nitrogens is 4. The number of amides is 1. The first-order valence-electron chi connectivity index (χ1n) is 10.3. The van der Waals surface area contributed by atoms with Crippen LogP contribution in [-0.4, -0.2) is 25.4 Å². The van der Waals surface area contributed by atoms with E-state index in [4.69, 9.17) is 10.7 Å². The van der Waals surface area contributed by atoms with Crippen molar-refractivity contribution in [3.63, 3.8) is 0 Å². The van der Waals surface area contributed by atoms with Gasteiger partial charge in [0, 0.05) is 12.6 Å². The van der Waals surface area contributed by atoms with E-state index in [1.54, 1.807) is 23.9 Å². The molecular formula is C24H22N6OS. The Morgan fingerprint density at radius 1 is 1.09 bits per heavy atom. The molecule has 8 heteroatoms. The van der Waals surface area contributed by atoms with Crippen LogP contribution in [0, 0.1) is 0 Å². The van der Waals surface area contributed by atoms with Crippen LogP contribution in [0.5, 0.6) is 0 Å². The third kappa shape index (κ3) is 3.63. The number of hydrogen-bond acceptors (Lipinski definition) is 6. The van der Waals surface area contributed by atoms with E-state index in [0.717, 1.165) is 43.1 Å². The monoisotopic (exact) mass is 442 g/mol. The van der Waals surface area contributed by atoms with Gasteiger partial charge in [-0.2, -0.15) is 0 Å². The van der Waals surface area contributed by atoms with Gasteiger partial charge in [0.1, 0.15) is 26.9 Å². The lowest BCUT2D eigenvalue weighted by Crippen LogP contribution is -2.35. The second-order valence-corrected chi connectivity index (χ2v) is 8.74. The highest BCUT2D eigenvalue weighted by molar-refractivity contribution is 7.21. The van der Waals surface area contributed by atoms with Crippen LogP contribution in [0.3, 0.4) is 0 Å². The number of imidazole rings is 1. The zero-order valence-corrected chi connectivity index (χ0v) is 18.5. The molecule has 0 aliphatic carbocycles. The molecule has 160 valence electrons. The number of benzene rings is 2. The van der Waals surface area contributed by atoms with Crippen molar-refractivity contribution < 1.29 is 4.79 Å². The Balaban J connectivity index is 1.41. The van der Waals surface area contributed by atoms with E-state index < -0.39 is 6.04 Å². The number of hydrogen-bond donors (Lipinski definition) is 2. The number of nitrogens with zero attached hydrogens (tertiary/aromatic N) is 4. The summed E-state index contributed by atoms with van der Waals surface area (Å²) in [7, 11) is 1.96. The van der Waals surface area contributed by atoms with Crippen LogP contribution in [0.4, 0.5) is 0 Å². The molecule has 2 aromatic carbocycles. The summed E-state index contributed by atoms with van der Waals surface area (Å²) in [6.45, 7) is 1.95. The Kier molecular flexibility index (Phi) is 5.16. The fourth-order valence-corrected chi connectivity index (χ4v) is 4.68. The number of rotatable bonds is 5. The normalized spacial score (nSPS) is 13.3. The molecule has 1 amide bonds. The molecule has 3 aromatic heterocycles. The lowest BCUT2D eigenvalue weighted by atomic mass is 10.0. The predicted molar refractivity (Wildman–Crippen MR) is 127 cm³/mol. The zero-order valence-electron chi connectivity index (χ0n) is 17.7. The summed E-state index contributed by atoms with van der Waals surface area (Å²) in [5.74, 6) is -0.211. The van der Waals surface area contributed by atoms with Gasteiger partial charge < -0.3 is 15.6 Å². The Labute approximate surface area is 189 Å². The lowest BCUT2D eigenvalue weighted by Gasteiger charge is -2.18. The maximum Gasteiger partial charge on any atom is 0.241 e. The topological polar surface area (TPSA) is 98.7 Å². The van der Waals surface area contributed by atoms with Gasteiger partial charge in [-0.15, -0.1) is 0 Å². The number of pyridine rings is 1. The van der Waals surface area contributed by atoms with Gasteiger partial charge in [-0.1, -0.05) is 59.9 Å². The highest BCUT2D eigenvalue weighted by atomic mass is 32.1. The summed E-state index contributed by atoms with van der Waals surface area (Å²) in [6.07, 6.45) is 3.56. The summed E-state index contributed by atoms with van der Waals surface area (Å²) < 4.78 is 1.97. The summed E-state index contributed by atoms with van der Waals surface area (Å²) in [6, 6.07) is 16.5. The Bertz CT molecular complexity index is 1420. The molecule has 3 heterocycles. The standard InChI is InChI=1S/C24H22N6OS/c1-14(28-22(31)19(25)15-7-4-3-5-8-15)16-9-6-10-17(11-16)23-29-20-21-18(27-13-30(21)2)12-26-24(20)32-23/h3-14,19H,25H2,1-2H3,(H,28,31)/t14-,19+/m0/s1. The van der Waals surface area contributed by atoms with Gasteiger partial charge in [-0.3, -0.25) is 4.79 Å². The van der Waals surface area contributed by atoms with Crippen molar-refractivity contribution in [2.75, 3.05) is 0 Å². The second kappa shape index (κ2) is 8.14. The van der Waals surface area contributed by atoms with Crippen LogP contribution >= 0.6 is 11.3 Å². The molecule has 0 aliphatic rings. The van der Waals surface area contributed by atoms with Gasteiger partial charge in [-0.25, -0.2) is 15.0 Å². The minimum absolute atomic E-state index is 0.200. The van der Waals surface area contributed by atoms with Crippen molar-refractivity contribution in [1.29, 1.82) is 0 Å². The van der Waals surface area contributed by atoms with E-state index in [9.17, 15) is 4.79 Å². The number of nitrogens with one attached hydrogen (secondary N) is 1. The summed E-state index contributed by atoms with van der Waals surface area (Å²) >= 11 is 1.54. The average Bonchev–Trinajstić information content (AvgIpc) is 3.42. The van der Waals surface area contributed by atoms with Gasteiger partial charge in [-0.05, 0) is 24.1 Å². The molecule has 3 N–H and O–H groups in total. The van der Waals surface area contributed by atoms with Crippen molar-refractivity contribution >= 4 is 38.6 Å². The van der Waals surface area contributed by atoms with Crippen molar-refractivity contribution in [2.45, 2.75) is 19.0 Å². The Morgan fingerprint density at radius 2 is 1.88 bits per heavy atom.